The molecule has 0 saturated carbocycles. The monoisotopic (exact) mass is 326 g/mol. The maximum absolute atomic E-state index is 12.7. The fourth-order valence-electron chi connectivity index (χ4n) is 2.29. The molecular weight excluding hydrogens is 308 g/mol. The van der Waals surface area contributed by atoms with E-state index in [1.54, 1.807) is 66.0 Å². The number of nitrogens with zero attached hydrogens (tertiary/aromatic N) is 4. The zero-order chi connectivity index (χ0) is 16.8. The van der Waals surface area contributed by atoms with Crippen molar-refractivity contribution in [2.75, 3.05) is 20.3 Å². The minimum atomic E-state index is -0.117. The Labute approximate surface area is 139 Å². The first kappa shape index (κ1) is 15.9. The predicted molar refractivity (Wildman–Crippen MR) is 86.7 cm³/mol. The van der Waals surface area contributed by atoms with Crippen LogP contribution >= 0.6 is 0 Å². The van der Waals surface area contributed by atoms with Crippen LogP contribution in [0.4, 0.5) is 0 Å². The maximum Gasteiger partial charge on any atom is 0.255 e. The number of amides is 1. The average Bonchev–Trinajstić information content (AvgIpc) is 3.32. The minimum Gasteiger partial charge on any atom is -0.467 e. The summed E-state index contributed by atoms with van der Waals surface area (Å²) in [5.41, 5.74) is 0.515. The third-order valence-electron chi connectivity index (χ3n) is 3.54. The van der Waals surface area contributed by atoms with Gasteiger partial charge in [0, 0.05) is 32.2 Å². The quantitative estimate of drug-likeness (QED) is 0.665. The van der Waals surface area contributed by atoms with Gasteiger partial charge in [-0.15, -0.1) is 0 Å². The Bertz CT molecular complexity index is 752. The highest BCUT2D eigenvalue weighted by atomic mass is 16.5. The molecule has 3 rings (SSSR count). The summed E-state index contributed by atoms with van der Waals surface area (Å²) in [5.74, 6) is 1.31. The number of aromatic nitrogens is 3. The first-order chi connectivity index (χ1) is 11.8. The first-order valence-corrected chi connectivity index (χ1v) is 7.53. The van der Waals surface area contributed by atoms with E-state index in [1.165, 1.54) is 0 Å². The molecule has 0 radical (unpaired) electrons. The van der Waals surface area contributed by atoms with Crippen LogP contribution in [0.15, 0.2) is 59.9 Å². The Balaban J connectivity index is 1.75. The predicted octanol–water partition coefficient (Wildman–Crippen LogP) is 2.15. The van der Waals surface area contributed by atoms with Crippen molar-refractivity contribution in [3.05, 3.63) is 66.8 Å². The number of ether oxygens (including phenoxy) is 1. The number of hydrogen-bond donors (Lipinski definition) is 0. The Morgan fingerprint density at radius 3 is 2.92 bits per heavy atom. The summed E-state index contributed by atoms with van der Waals surface area (Å²) in [6.45, 7) is 1.31. The van der Waals surface area contributed by atoms with Crippen LogP contribution in [0.1, 0.15) is 16.1 Å². The van der Waals surface area contributed by atoms with Gasteiger partial charge in [0.2, 0.25) is 0 Å². The fourth-order valence-corrected chi connectivity index (χ4v) is 2.29. The standard InChI is InChI=1S/C17H18N4O3/c1-23-10-8-20(12-15-3-2-9-24-15)17(22)14-4-5-16(19-11-14)21-7-6-18-13-21/h2-7,9,11,13H,8,10,12H2,1H3. The highest BCUT2D eigenvalue weighted by Crippen LogP contribution is 2.12. The van der Waals surface area contributed by atoms with Crippen LogP contribution in [0.3, 0.4) is 0 Å². The number of carbonyl (C=O) groups is 1. The lowest BCUT2D eigenvalue weighted by atomic mass is 10.2. The van der Waals surface area contributed by atoms with Gasteiger partial charge in [0.1, 0.15) is 17.9 Å². The van der Waals surface area contributed by atoms with Crippen molar-refractivity contribution < 1.29 is 13.9 Å². The molecule has 0 bridgehead atoms. The molecule has 0 atom stereocenters. The van der Waals surface area contributed by atoms with E-state index in [0.29, 0.717) is 31.1 Å². The summed E-state index contributed by atoms with van der Waals surface area (Å²) < 4.78 is 12.2. The molecule has 7 nitrogen and oxygen atoms in total. The molecular formula is C17H18N4O3. The molecule has 0 aliphatic carbocycles. The van der Waals surface area contributed by atoms with Gasteiger partial charge in [-0.2, -0.15) is 0 Å². The molecule has 0 fully saturated rings. The molecule has 24 heavy (non-hydrogen) atoms. The Kier molecular flexibility index (Phi) is 5.02. The summed E-state index contributed by atoms with van der Waals surface area (Å²) >= 11 is 0. The molecule has 3 aromatic rings. The van der Waals surface area contributed by atoms with Gasteiger partial charge in [0.25, 0.3) is 5.91 Å². The van der Waals surface area contributed by atoms with Crippen molar-refractivity contribution >= 4 is 5.91 Å². The normalized spacial score (nSPS) is 10.7. The summed E-state index contributed by atoms with van der Waals surface area (Å²) in [6.07, 6.45) is 8.29. The topological polar surface area (TPSA) is 73.4 Å². The van der Waals surface area contributed by atoms with Crippen LogP contribution in [0.25, 0.3) is 5.82 Å². The number of imidazole rings is 1. The molecule has 0 aliphatic heterocycles. The fraction of sp³-hybridized carbons (Fsp3) is 0.235. The molecule has 0 spiro atoms. The van der Waals surface area contributed by atoms with Crippen molar-refractivity contribution in [1.82, 2.24) is 19.4 Å². The van der Waals surface area contributed by atoms with E-state index < -0.39 is 0 Å². The number of furan rings is 1. The van der Waals surface area contributed by atoms with Crippen molar-refractivity contribution in [2.45, 2.75) is 6.54 Å². The Hall–Kier alpha value is -2.93. The third kappa shape index (κ3) is 3.69. The lowest BCUT2D eigenvalue weighted by Gasteiger charge is -2.21. The van der Waals surface area contributed by atoms with Gasteiger partial charge in [0.05, 0.1) is 25.0 Å². The van der Waals surface area contributed by atoms with Gasteiger partial charge in [-0.05, 0) is 24.3 Å². The number of pyridine rings is 1. The maximum atomic E-state index is 12.7. The van der Waals surface area contributed by atoms with Gasteiger partial charge in [-0.3, -0.25) is 9.36 Å². The van der Waals surface area contributed by atoms with Gasteiger partial charge in [0.15, 0.2) is 0 Å². The van der Waals surface area contributed by atoms with Gasteiger partial charge in [-0.25, -0.2) is 9.97 Å². The van der Waals surface area contributed by atoms with E-state index in [4.69, 9.17) is 9.15 Å². The van der Waals surface area contributed by atoms with Crippen molar-refractivity contribution in [3.8, 4) is 5.82 Å². The SMILES string of the molecule is COCCN(Cc1ccco1)C(=O)c1ccc(-n2ccnc2)nc1. The second-order valence-electron chi connectivity index (χ2n) is 5.17. The van der Waals surface area contributed by atoms with Crippen LogP contribution in [-0.2, 0) is 11.3 Å². The largest absolute Gasteiger partial charge is 0.467 e. The Morgan fingerprint density at radius 1 is 1.38 bits per heavy atom. The molecule has 0 aliphatic rings. The number of rotatable bonds is 7. The van der Waals surface area contributed by atoms with Crippen molar-refractivity contribution in [3.63, 3.8) is 0 Å². The summed E-state index contributed by atoms with van der Waals surface area (Å²) in [6, 6.07) is 7.19. The van der Waals surface area contributed by atoms with Crippen molar-refractivity contribution in [2.24, 2.45) is 0 Å². The van der Waals surface area contributed by atoms with Gasteiger partial charge >= 0.3 is 0 Å². The molecule has 0 unspecified atom stereocenters. The molecule has 124 valence electrons. The molecule has 3 heterocycles. The zero-order valence-corrected chi connectivity index (χ0v) is 13.3. The number of carbonyl (C=O) groups excluding carboxylic acids is 1. The van der Waals surface area contributed by atoms with Crippen molar-refractivity contribution in [1.29, 1.82) is 0 Å². The number of methoxy groups -OCH3 is 1. The smallest absolute Gasteiger partial charge is 0.255 e. The average molecular weight is 326 g/mol. The van der Waals surface area contributed by atoms with E-state index in [1.807, 2.05) is 6.07 Å². The third-order valence-corrected chi connectivity index (χ3v) is 3.54. The summed E-state index contributed by atoms with van der Waals surface area (Å²) in [7, 11) is 1.61. The molecule has 3 aromatic heterocycles. The Morgan fingerprint density at radius 2 is 2.29 bits per heavy atom. The van der Waals surface area contributed by atoms with E-state index in [9.17, 15) is 4.79 Å². The highest BCUT2D eigenvalue weighted by Gasteiger charge is 2.17. The lowest BCUT2D eigenvalue weighted by Crippen LogP contribution is -2.33. The van der Waals surface area contributed by atoms with Crippen LogP contribution in [0, 0.1) is 0 Å². The molecule has 1 amide bonds. The summed E-state index contributed by atoms with van der Waals surface area (Å²) in [4.78, 5) is 22.7. The second-order valence-corrected chi connectivity index (χ2v) is 5.17. The second kappa shape index (κ2) is 7.56. The minimum absolute atomic E-state index is 0.117. The van der Waals surface area contributed by atoms with E-state index in [0.717, 1.165) is 5.76 Å². The lowest BCUT2D eigenvalue weighted by molar-refractivity contribution is 0.0666. The van der Waals surface area contributed by atoms with E-state index >= 15 is 0 Å². The summed E-state index contributed by atoms with van der Waals surface area (Å²) in [5, 5.41) is 0. The van der Waals surface area contributed by atoms with Crippen LogP contribution in [-0.4, -0.2) is 45.6 Å². The molecule has 7 heteroatoms. The van der Waals surface area contributed by atoms with Gasteiger partial charge < -0.3 is 14.1 Å². The molecule has 0 N–H and O–H groups in total. The van der Waals surface area contributed by atoms with E-state index in [-0.39, 0.29) is 5.91 Å². The van der Waals surface area contributed by atoms with E-state index in [2.05, 4.69) is 9.97 Å². The van der Waals surface area contributed by atoms with Crippen LogP contribution in [0.2, 0.25) is 0 Å². The van der Waals surface area contributed by atoms with Crippen LogP contribution < -0.4 is 0 Å². The van der Waals surface area contributed by atoms with Crippen LogP contribution in [0.5, 0.6) is 0 Å². The first-order valence-electron chi connectivity index (χ1n) is 7.53. The zero-order valence-electron chi connectivity index (χ0n) is 13.3. The number of hydrogen-bond acceptors (Lipinski definition) is 5. The van der Waals surface area contributed by atoms with Gasteiger partial charge in [-0.1, -0.05) is 0 Å². The molecule has 0 saturated heterocycles. The molecule has 0 aromatic carbocycles. The highest BCUT2D eigenvalue weighted by molar-refractivity contribution is 5.94.